The molecule has 0 atom stereocenters. The van der Waals surface area contributed by atoms with Gasteiger partial charge in [-0.05, 0) is 44.0 Å². The molecule has 2 aromatic carbocycles. The van der Waals surface area contributed by atoms with Crippen molar-refractivity contribution in [3.05, 3.63) is 65.7 Å². The van der Waals surface area contributed by atoms with Crippen LogP contribution >= 0.6 is 0 Å². The van der Waals surface area contributed by atoms with Crippen molar-refractivity contribution >= 4 is 21.8 Å². The van der Waals surface area contributed by atoms with Crippen LogP contribution in [0.4, 0.5) is 0 Å². The summed E-state index contributed by atoms with van der Waals surface area (Å²) in [5.41, 5.74) is 1.60. The molecule has 0 unspecified atom stereocenters. The highest BCUT2D eigenvalue weighted by molar-refractivity contribution is 7.89. The summed E-state index contributed by atoms with van der Waals surface area (Å²) in [4.78, 5) is 26.6. The maximum atomic E-state index is 12.4. The number of nitrogens with one attached hydrogen (secondary N) is 2. The van der Waals surface area contributed by atoms with Gasteiger partial charge in [0.2, 0.25) is 15.9 Å². The SMILES string of the molecule is Cc1ccc(S(=O)(=O)NCCC(=O)N2CCC(NC(=O)c3ccccc3)CC2)cc1. The summed E-state index contributed by atoms with van der Waals surface area (Å²) in [6, 6.07) is 15.6. The molecule has 8 heteroatoms. The summed E-state index contributed by atoms with van der Waals surface area (Å²) < 4.78 is 27.1. The van der Waals surface area contributed by atoms with Gasteiger partial charge in [0.05, 0.1) is 4.90 Å². The van der Waals surface area contributed by atoms with E-state index in [1.54, 1.807) is 41.3 Å². The van der Waals surface area contributed by atoms with Crippen LogP contribution in [-0.2, 0) is 14.8 Å². The van der Waals surface area contributed by atoms with Gasteiger partial charge < -0.3 is 10.2 Å². The highest BCUT2D eigenvalue weighted by Crippen LogP contribution is 2.13. The third-order valence-electron chi connectivity index (χ3n) is 5.18. The Balaban J connectivity index is 1.41. The second-order valence-electron chi connectivity index (χ2n) is 7.46. The van der Waals surface area contributed by atoms with E-state index in [4.69, 9.17) is 0 Å². The van der Waals surface area contributed by atoms with E-state index in [-0.39, 0.29) is 35.7 Å². The third-order valence-corrected chi connectivity index (χ3v) is 6.66. The van der Waals surface area contributed by atoms with Gasteiger partial charge in [-0.3, -0.25) is 9.59 Å². The molecule has 0 aromatic heterocycles. The number of carbonyl (C=O) groups is 2. The quantitative estimate of drug-likeness (QED) is 0.704. The van der Waals surface area contributed by atoms with E-state index in [9.17, 15) is 18.0 Å². The zero-order chi connectivity index (χ0) is 21.6. The number of carbonyl (C=O) groups excluding carboxylic acids is 2. The summed E-state index contributed by atoms with van der Waals surface area (Å²) in [5, 5.41) is 3.01. The van der Waals surface area contributed by atoms with Gasteiger partial charge in [0, 0.05) is 37.7 Å². The Kier molecular flexibility index (Phi) is 7.23. The fourth-order valence-electron chi connectivity index (χ4n) is 3.38. The standard InChI is InChI=1S/C22H27N3O4S/c1-17-7-9-20(10-8-17)30(28,29)23-14-11-21(26)25-15-12-19(13-16-25)24-22(27)18-5-3-2-4-6-18/h2-10,19,23H,11-16H2,1H3,(H,24,27). The number of likely N-dealkylation sites (tertiary alicyclic amines) is 1. The van der Waals surface area contributed by atoms with Crippen LogP contribution < -0.4 is 10.0 Å². The van der Waals surface area contributed by atoms with Gasteiger partial charge >= 0.3 is 0 Å². The molecule has 30 heavy (non-hydrogen) atoms. The van der Waals surface area contributed by atoms with Crippen LogP contribution in [0.25, 0.3) is 0 Å². The van der Waals surface area contributed by atoms with Crippen LogP contribution in [-0.4, -0.2) is 50.8 Å². The minimum absolute atomic E-state index is 0.0294. The number of benzene rings is 2. The Morgan fingerprint density at radius 3 is 2.27 bits per heavy atom. The zero-order valence-corrected chi connectivity index (χ0v) is 17.8. The van der Waals surface area contributed by atoms with E-state index >= 15 is 0 Å². The molecule has 1 saturated heterocycles. The molecule has 0 saturated carbocycles. The zero-order valence-electron chi connectivity index (χ0n) is 17.0. The normalized spacial score (nSPS) is 15.0. The number of hydrogen-bond donors (Lipinski definition) is 2. The molecule has 2 aromatic rings. The maximum Gasteiger partial charge on any atom is 0.251 e. The molecule has 1 fully saturated rings. The van der Waals surface area contributed by atoms with Crippen LogP contribution in [0.5, 0.6) is 0 Å². The second-order valence-corrected chi connectivity index (χ2v) is 9.22. The maximum absolute atomic E-state index is 12.4. The van der Waals surface area contributed by atoms with Crippen LogP contribution in [0.3, 0.4) is 0 Å². The lowest BCUT2D eigenvalue weighted by molar-refractivity contribution is -0.132. The first-order valence-electron chi connectivity index (χ1n) is 10.1. The van der Waals surface area contributed by atoms with Gasteiger partial charge in [0.25, 0.3) is 5.91 Å². The molecule has 160 valence electrons. The van der Waals surface area contributed by atoms with E-state index in [1.165, 1.54) is 0 Å². The number of aryl methyl sites for hydroxylation is 1. The van der Waals surface area contributed by atoms with Crippen molar-refractivity contribution in [2.75, 3.05) is 19.6 Å². The predicted octanol–water partition coefficient (Wildman–Crippen LogP) is 2.08. The molecule has 1 aliphatic heterocycles. The molecule has 1 heterocycles. The number of amides is 2. The van der Waals surface area contributed by atoms with Gasteiger partial charge in [-0.25, -0.2) is 13.1 Å². The molecular formula is C22H27N3O4S. The topological polar surface area (TPSA) is 95.6 Å². The van der Waals surface area contributed by atoms with Crippen molar-refractivity contribution in [1.82, 2.24) is 14.9 Å². The van der Waals surface area contributed by atoms with E-state index in [1.807, 2.05) is 25.1 Å². The molecule has 0 bridgehead atoms. The van der Waals surface area contributed by atoms with E-state index < -0.39 is 10.0 Å². The molecular weight excluding hydrogens is 402 g/mol. The molecule has 0 radical (unpaired) electrons. The summed E-state index contributed by atoms with van der Waals surface area (Å²) in [5.74, 6) is -0.194. The van der Waals surface area contributed by atoms with Gasteiger partial charge in [0.15, 0.2) is 0 Å². The first kappa shape index (κ1) is 22.0. The smallest absolute Gasteiger partial charge is 0.251 e. The van der Waals surface area contributed by atoms with Crippen molar-refractivity contribution in [1.29, 1.82) is 0 Å². The molecule has 2 N–H and O–H groups in total. The molecule has 3 rings (SSSR count). The summed E-state index contributed by atoms with van der Waals surface area (Å²) in [6.07, 6.45) is 1.46. The van der Waals surface area contributed by atoms with Crippen LogP contribution in [0.1, 0.15) is 35.2 Å². The average Bonchev–Trinajstić information content (AvgIpc) is 2.75. The minimum atomic E-state index is -3.62. The van der Waals surface area contributed by atoms with E-state index in [0.29, 0.717) is 31.5 Å². The first-order chi connectivity index (χ1) is 14.3. The lowest BCUT2D eigenvalue weighted by Crippen LogP contribution is -2.47. The minimum Gasteiger partial charge on any atom is -0.349 e. The van der Waals surface area contributed by atoms with Gasteiger partial charge in [-0.15, -0.1) is 0 Å². The Hall–Kier alpha value is -2.71. The van der Waals surface area contributed by atoms with Crippen molar-refractivity contribution < 1.29 is 18.0 Å². The summed E-state index contributed by atoms with van der Waals surface area (Å²) in [6.45, 7) is 3.03. The predicted molar refractivity (Wildman–Crippen MR) is 114 cm³/mol. The fraction of sp³-hybridized carbons (Fsp3) is 0.364. The van der Waals surface area contributed by atoms with Crippen molar-refractivity contribution in [2.24, 2.45) is 0 Å². The first-order valence-corrected chi connectivity index (χ1v) is 11.5. The van der Waals surface area contributed by atoms with Crippen LogP contribution in [0, 0.1) is 6.92 Å². The van der Waals surface area contributed by atoms with Crippen molar-refractivity contribution in [3.63, 3.8) is 0 Å². The highest BCUT2D eigenvalue weighted by atomic mass is 32.2. The number of hydrogen-bond acceptors (Lipinski definition) is 4. The lowest BCUT2D eigenvalue weighted by Gasteiger charge is -2.32. The van der Waals surface area contributed by atoms with Crippen LogP contribution in [0.15, 0.2) is 59.5 Å². The van der Waals surface area contributed by atoms with E-state index in [0.717, 1.165) is 5.56 Å². The Morgan fingerprint density at radius 1 is 1.00 bits per heavy atom. The Labute approximate surface area is 177 Å². The Bertz CT molecular complexity index is 967. The van der Waals surface area contributed by atoms with E-state index in [2.05, 4.69) is 10.0 Å². The Morgan fingerprint density at radius 2 is 1.63 bits per heavy atom. The third kappa shape index (κ3) is 5.90. The largest absolute Gasteiger partial charge is 0.349 e. The average molecular weight is 430 g/mol. The number of piperidine rings is 1. The summed E-state index contributed by atoms with van der Waals surface area (Å²) >= 11 is 0. The van der Waals surface area contributed by atoms with Crippen LogP contribution in [0.2, 0.25) is 0 Å². The monoisotopic (exact) mass is 429 g/mol. The fourth-order valence-corrected chi connectivity index (χ4v) is 4.41. The molecule has 1 aliphatic rings. The van der Waals surface area contributed by atoms with Crippen molar-refractivity contribution in [3.8, 4) is 0 Å². The molecule has 0 aliphatic carbocycles. The number of nitrogens with zero attached hydrogens (tertiary/aromatic N) is 1. The molecule has 7 nitrogen and oxygen atoms in total. The van der Waals surface area contributed by atoms with Gasteiger partial charge in [0.1, 0.15) is 0 Å². The highest BCUT2D eigenvalue weighted by Gasteiger charge is 2.24. The second kappa shape index (κ2) is 9.86. The number of sulfonamides is 1. The lowest BCUT2D eigenvalue weighted by atomic mass is 10.0. The van der Waals surface area contributed by atoms with Gasteiger partial charge in [-0.2, -0.15) is 0 Å². The summed E-state index contributed by atoms with van der Waals surface area (Å²) in [7, 11) is -3.62. The molecule has 0 spiro atoms. The van der Waals surface area contributed by atoms with Gasteiger partial charge in [-0.1, -0.05) is 35.9 Å². The number of rotatable bonds is 7. The van der Waals surface area contributed by atoms with Crippen molar-refractivity contribution in [2.45, 2.75) is 37.1 Å². The molecule has 2 amide bonds.